The van der Waals surface area contributed by atoms with Gasteiger partial charge in [-0.2, -0.15) is 5.10 Å². The maximum Gasteiger partial charge on any atom is 0.124 e. The SMILES string of the molecule is C/C=C1\CC[C@H]2[C@H](C=O)[C@@H]([C@@]3(C)Cc4cn[nH]c4C[C@@H]3C=O)CC[C@]12C. The molecule has 3 aliphatic carbocycles. The average molecular weight is 354 g/mol. The molecular weight excluding hydrogens is 324 g/mol. The Balaban J connectivity index is 1.71. The molecule has 4 heteroatoms. The standard InChI is InChI=1S/C22H30N2O2/c1-4-15-5-6-18-17(13-26)19(7-8-21(15,18)2)22(3)10-14-11-23-24-20(14)9-16(22)12-25/h4,11-13,16-19H,5-10H2,1-3H3,(H,23,24)/b15-4+/t16-,17+,18+,19+,21-,22+/m1/s1. The molecule has 0 aromatic carbocycles. The van der Waals surface area contributed by atoms with Crippen LogP contribution >= 0.6 is 0 Å². The van der Waals surface area contributed by atoms with E-state index in [0.29, 0.717) is 5.92 Å². The Morgan fingerprint density at radius 3 is 2.69 bits per heavy atom. The Morgan fingerprint density at radius 1 is 1.19 bits per heavy atom. The monoisotopic (exact) mass is 354 g/mol. The number of allylic oxidation sites excluding steroid dienone is 2. The maximum absolute atomic E-state index is 12.3. The molecule has 0 spiro atoms. The van der Waals surface area contributed by atoms with Crippen molar-refractivity contribution in [2.24, 2.45) is 34.5 Å². The van der Waals surface area contributed by atoms with Gasteiger partial charge in [-0.05, 0) is 73.7 Å². The summed E-state index contributed by atoms with van der Waals surface area (Å²) >= 11 is 0. The van der Waals surface area contributed by atoms with Crippen LogP contribution in [-0.2, 0) is 22.4 Å². The lowest BCUT2D eigenvalue weighted by atomic mass is 9.49. The lowest BCUT2D eigenvalue weighted by Crippen LogP contribution is -2.51. The van der Waals surface area contributed by atoms with Gasteiger partial charge in [-0.15, -0.1) is 0 Å². The number of carbonyl (C=O) groups excluding carboxylic acids is 2. The minimum Gasteiger partial charge on any atom is -0.303 e. The minimum absolute atomic E-state index is 0.0464. The van der Waals surface area contributed by atoms with Crippen molar-refractivity contribution in [1.29, 1.82) is 0 Å². The third-order valence-electron chi connectivity index (χ3n) is 8.35. The Kier molecular flexibility index (Phi) is 4.20. The molecule has 2 fully saturated rings. The van der Waals surface area contributed by atoms with Gasteiger partial charge in [0.2, 0.25) is 0 Å². The second-order valence-corrected chi connectivity index (χ2v) is 9.24. The Bertz CT molecular complexity index is 751. The fraction of sp³-hybridized carbons (Fsp3) is 0.682. The van der Waals surface area contributed by atoms with Crippen LogP contribution in [0.5, 0.6) is 0 Å². The van der Waals surface area contributed by atoms with Gasteiger partial charge in [-0.25, -0.2) is 0 Å². The highest BCUT2D eigenvalue weighted by molar-refractivity contribution is 5.60. The number of nitrogens with one attached hydrogen (secondary N) is 1. The number of aromatic amines is 1. The van der Waals surface area contributed by atoms with E-state index in [1.807, 2.05) is 6.20 Å². The van der Waals surface area contributed by atoms with E-state index in [2.05, 4.69) is 37.0 Å². The lowest BCUT2D eigenvalue weighted by molar-refractivity contribution is -0.129. The highest BCUT2D eigenvalue weighted by atomic mass is 16.1. The van der Waals surface area contributed by atoms with Gasteiger partial charge in [-0.1, -0.05) is 25.5 Å². The highest BCUT2D eigenvalue weighted by Gasteiger charge is 2.57. The van der Waals surface area contributed by atoms with Gasteiger partial charge in [0.15, 0.2) is 0 Å². The van der Waals surface area contributed by atoms with E-state index in [-0.39, 0.29) is 28.6 Å². The van der Waals surface area contributed by atoms with Crippen molar-refractivity contribution in [3.05, 3.63) is 29.1 Å². The summed E-state index contributed by atoms with van der Waals surface area (Å²) in [6, 6.07) is 0. The van der Waals surface area contributed by atoms with Crippen molar-refractivity contribution < 1.29 is 9.59 Å². The summed E-state index contributed by atoms with van der Waals surface area (Å²) in [4.78, 5) is 24.3. The summed E-state index contributed by atoms with van der Waals surface area (Å²) < 4.78 is 0. The van der Waals surface area contributed by atoms with Crippen LogP contribution in [0.1, 0.15) is 57.7 Å². The molecule has 1 aromatic rings. The molecule has 0 bridgehead atoms. The number of carbonyl (C=O) groups is 2. The molecular formula is C22H30N2O2. The molecule has 0 unspecified atom stereocenters. The van der Waals surface area contributed by atoms with Crippen LogP contribution in [-0.4, -0.2) is 22.8 Å². The predicted molar refractivity (Wildman–Crippen MR) is 101 cm³/mol. The van der Waals surface area contributed by atoms with E-state index in [1.165, 1.54) is 17.4 Å². The summed E-state index contributed by atoms with van der Waals surface area (Å²) in [6.45, 7) is 6.74. The first-order valence-electron chi connectivity index (χ1n) is 10.0. The zero-order valence-corrected chi connectivity index (χ0v) is 16.1. The predicted octanol–water partition coefficient (Wildman–Crippen LogP) is 3.92. The van der Waals surface area contributed by atoms with Crippen molar-refractivity contribution in [3.63, 3.8) is 0 Å². The van der Waals surface area contributed by atoms with Gasteiger partial charge in [0.1, 0.15) is 12.6 Å². The van der Waals surface area contributed by atoms with Crippen LogP contribution in [0, 0.1) is 34.5 Å². The third-order valence-corrected chi connectivity index (χ3v) is 8.35. The number of aromatic nitrogens is 2. The summed E-state index contributed by atoms with van der Waals surface area (Å²) in [7, 11) is 0. The average Bonchev–Trinajstić information content (AvgIpc) is 3.22. The van der Waals surface area contributed by atoms with Crippen LogP contribution in [0.4, 0.5) is 0 Å². The minimum atomic E-state index is -0.162. The fourth-order valence-corrected chi connectivity index (χ4v) is 6.75. The van der Waals surface area contributed by atoms with Gasteiger partial charge in [0.05, 0.1) is 6.20 Å². The van der Waals surface area contributed by atoms with Crippen LogP contribution in [0.25, 0.3) is 0 Å². The largest absolute Gasteiger partial charge is 0.303 e. The Labute approximate surface area is 155 Å². The van der Waals surface area contributed by atoms with Crippen LogP contribution < -0.4 is 0 Å². The fourth-order valence-electron chi connectivity index (χ4n) is 6.75. The molecule has 0 radical (unpaired) electrons. The normalized spacial score (nSPS) is 43.7. The molecule has 6 atom stereocenters. The topological polar surface area (TPSA) is 62.8 Å². The second kappa shape index (κ2) is 6.17. The van der Waals surface area contributed by atoms with Crippen LogP contribution in [0.3, 0.4) is 0 Å². The quantitative estimate of drug-likeness (QED) is 0.661. The molecule has 1 heterocycles. The van der Waals surface area contributed by atoms with Gasteiger partial charge < -0.3 is 9.59 Å². The molecule has 140 valence electrons. The highest BCUT2D eigenvalue weighted by Crippen LogP contribution is 2.62. The summed E-state index contributed by atoms with van der Waals surface area (Å²) in [5.41, 5.74) is 3.86. The van der Waals surface area contributed by atoms with E-state index in [1.54, 1.807) is 0 Å². The number of H-pyrrole nitrogens is 1. The molecule has 0 amide bonds. The van der Waals surface area contributed by atoms with Crippen LogP contribution in [0.2, 0.25) is 0 Å². The number of fused-ring (bicyclic) bond motifs is 2. The molecule has 1 N–H and O–H groups in total. The molecule has 26 heavy (non-hydrogen) atoms. The molecule has 0 saturated heterocycles. The van der Waals surface area contributed by atoms with Crippen molar-refractivity contribution in [2.75, 3.05) is 0 Å². The zero-order chi connectivity index (χ0) is 18.5. The Hall–Kier alpha value is -1.71. The van der Waals surface area contributed by atoms with E-state index in [0.717, 1.165) is 50.5 Å². The summed E-state index contributed by atoms with van der Waals surface area (Å²) in [6.07, 6.45) is 12.5. The number of hydrogen-bond donors (Lipinski definition) is 1. The summed E-state index contributed by atoms with van der Waals surface area (Å²) in [5.74, 6) is 0.689. The zero-order valence-electron chi connectivity index (χ0n) is 16.1. The van der Waals surface area contributed by atoms with E-state index >= 15 is 0 Å². The van der Waals surface area contributed by atoms with Gasteiger partial charge >= 0.3 is 0 Å². The molecule has 3 aliphatic rings. The van der Waals surface area contributed by atoms with Crippen LogP contribution in [0.15, 0.2) is 17.8 Å². The van der Waals surface area contributed by atoms with Crippen molar-refractivity contribution in [1.82, 2.24) is 10.2 Å². The van der Waals surface area contributed by atoms with E-state index in [4.69, 9.17) is 0 Å². The third kappa shape index (κ3) is 2.30. The lowest BCUT2D eigenvalue weighted by Gasteiger charge is -2.53. The number of aldehydes is 2. The van der Waals surface area contributed by atoms with Crippen molar-refractivity contribution in [3.8, 4) is 0 Å². The first kappa shape index (κ1) is 17.7. The van der Waals surface area contributed by atoms with Crippen molar-refractivity contribution in [2.45, 2.75) is 59.3 Å². The summed E-state index contributed by atoms with van der Waals surface area (Å²) in [5, 5.41) is 7.25. The number of hydrogen-bond acceptors (Lipinski definition) is 3. The smallest absolute Gasteiger partial charge is 0.124 e. The first-order valence-corrected chi connectivity index (χ1v) is 10.0. The molecule has 0 aliphatic heterocycles. The second-order valence-electron chi connectivity index (χ2n) is 9.24. The molecule has 1 aromatic heterocycles. The Morgan fingerprint density at radius 2 is 2.00 bits per heavy atom. The number of nitrogens with zero attached hydrogens (tertiary/aromatic N) is 1. The molecule has 4 nitrogen and oxygen atoms in total. The first-order chi connectivity index (χ1) is 12.5. The molecule has 2 saturated carbocycles. The van der Waals surface area contributed by atoms with Crippen molar-refractivity contribution >= 4 is 12.6 Å². The number of rotatable bonds is 3. The molecule has 4 rings (SSSR count). The maximum atomic E-state index is 12.3. The van der Waals surface area contributed by atoms with E-state index in [9.17, 15) is 9.59 Å². The van der Waals surface area contributed by atoms with E-state index < -0.39 is 0 Å². The van der Waals surface area contributed by atoms with Gasteiger partial charge in [0, 0.05) is 17.5 Å². The van der Waals surface area contributed by atoms with Gasteiger partial charge in [0.25, 0.3) is 0 Å². The van der Waals surface area contributed by atoms with Gasteiger partial charge in [-0.3, -0.25) is 5.10 Å².